The molecule has 5 aromatic rings. The van der Waals surface area contributed by atoms with E-state index < -0.39 is 0 Å². The molecule has 0 spiro atoms. The number of para-hydroxylation sites is 1. The minimum Gasteiger partial charge on any atom is -0.507 e. The van der Waals surface area contributed by atoms with E-state index >= 15 is 0 Å². The molecule has 2 N–H and O–H groups in total. The number of anilines is 1. The molecule has 3 aromatic heterocycles. The molecule has 3 aliphatic heterocycles. The number of hydrogen-bond acceptors (Lipinski definition) is 9. The first kappa shape index (κ1) is 31.3. The molecule has 6 heterocycles. The van der Waals surface area contributed by atoms with Crippen molar-refractivity contribution >= 4 is 23.1 Å². The number of carbonyl (C=O) groups excluding carboxylic acids is 1. The van der Waals surface area contributed by atoms with Crippen LogP contribution in [0.1, 0.15) is 67.0 Å². The van der Waals surface area contributed by atoms with Gasteiger partial charge in [-0.05, 0) is 80.9 Å². The van der Waals surface area contributed by atoms with E-state index in [0.717, 1.165) is 87.4 Å². The zero-order chi connectivity index (χ0) is 33.3. The molecular formula is C38H42N8O3. The Labute approximate surface area is 286 Å². The lowest BCUT2D eigenvalue weighted by atomic mass is 9.89. The number of amides is 1. The summed E-state index contributed by atoms with van der Waals surface area (Å²) >= 11 is 0. The summed E-state index contributed by atoms with van der Waals surface area (Å²) in [6, 6.07) is 19.6. The molecule has 0 unspecified atom stereocenters. The van der Waals surface area contributed by atoms with E-state index in [4.69, 9.17) is 14.7 Å². The molecule has 1 atom stereocenters. The topological polar surface area (TPSA) is 124 Å². The molecule has 8 rings (SSSR count). The second kappa shape index (κ2) is 13.5. The van der Waals surface area contributed by atoms with E-state index in [1.807, 2.05) is 65.8 Å². The average molecular weight is 659 g/mol. The number of H-pyrrole nitrogens is 1. The Bertz CT molecular complexity index is 1920. The van der Waals surface area contributed by atoms with Crippen molar-refractivity contribution in [1.82, 2.24) is 34.9 Å². The van der Waals surface area contributed by atoms with Crippen LogP contribution >= 0.6 is 0 Å². The van der Waals surface area contributed by atoms with Crippen LogP contribution in [0.2, 0.25) is 0 Å². The van der Waals surface area contributed by atoms with E-state index in [1.54, 1.807) is 12.1 Å². The van der Waals surface area contributed by atoms with Crippen molar-refractivity contribution in [2.24, 2.45) is 0 Å². The first-order valence-corrected chi connectivity index (χ1v) is 17.5. The fourth-order valence-corrected chi connectivity index (χ4v) is 7.93. The van der Waals surface area contributed by atoms with Gasteiger partial charge in [0.25, 0.3) is 0 Å². The molecule has 0 radical (unpaired) electrons. The highest BCUT2D eigenvalue weighted by molar-refractivity contribution is 5.86. The van der Waals surface area contributed by atoms with E-state index in [-0.39, 0.29) is 17.9 Å². The predicted octanol–water partition coefficient (Wildman–Crippen LogP) is 6.22. The SMILES string of the molecule is C[C@@H]1c2c([nH]c3nnc(-c4ccccc4O)cc23)CCN1c1ncc(C2CCN(C3CCN(C(=O)OCc4ccccc4)CC3)CC2)cn1. The Kier molecular flexibility index (Phi) is 8.59. The number of aromatic amines is 1. The minimum atomic E-state index is -0.210. The molecular weight excluding hydrogens is 616 g/mol. The number of rotatable bonds is 6. The van der Waals surface area contributed by atoms with Gasteiger partial charge in [-0.25, -0.2) is 14.8 Å². The zero-order valence-electron chi connectivity index (χ0n) is 27.8. The van der Waals surface area contributed by atoms with Gasteiger partial charge in [0.15, 0.2) is 5.65 Å². The quantitative estimate of drug-likeness (QED) is 0.219. The largest absolute Gasteiger partial charge is 0.507 e. The van der Waals surface area contributed by atoms with Gasteiger partial charge in [0.2, 0.25) is 5.95 Å². The molecule has 2 fully saturated rings. The Hall–Kier alpha value is -5.03. The molecule has 11 nitrogen and oxygen atoms in total. The first-order valence-electron chi connectivity index (χ1n) is 17.5. The normalized spacial score (nSPS) is 19.2. The first-order chi connectivity index (χ1) is 24.0. The summed E-state index contributed by atoms with van der Waals surface area (Å²) in [4.78, 5) is 32.6. The number of likely N-dealkylation sites (tertiary alicyclic amines) is 2. The van der Waals surface area contributed by atoms with Crippen molar-refractivity contribution in [2.75, 3.05) is 37.6 Å². The van der Waals surface area contributed by atoms with Crippen LogP contribution in [0.15, 0.2) is 73.1 Å². The zero-order valence-corrected chi connectivity index (χ0v) is 27.8. The van der Waals surface area contributed by atoms with Gasteiger partial charge in [-0.2, -0.15) is 0 Å². The fraction of sp³-hybridized carbons (Fsp3) is 0.395. The Balaban J connectivity index is 0.864. The summed E-state index contributed by atoms with van der Waals surface area (Å²) in [5.41, 5.74) is 6.64. The number of ether oxygens (including phenoxy) is 1. The van der Waals surface area contributed by atoms with Crippen LogP contribution in [0, 0.1) is 0 Å². The molecule has 2 saturated heterocycles. The van der Waals surface area contributed by atoms with Crippen molar-refractivity contribution < 1.29 is 14.6 Å². The Morgan fingerprint density at radius 2 is 1.65 bits per heavy atom. The summed E-state index contributed by atoms with van der Waals surface area (Å²) in [7, 11) is 0. The van der Waals surface area contributed by atoms with Gasteiger partial charge in [0, 0.05) is 66.7 Å². The van der Waals surface area contributed by atoms with Crippen molar-refractivity contribution in [2.45, 2.75) is 63.6 Å². The number of aromatic hydroxyl groups is 1. The fourth-order valence-electron chi connectivity index (χ4n) is 7.93. The van der Waals surface area contributed by atoms with E-state index in [9.17, 15) is 9.90 Å². The number of aromatic nitrogens is 5. The lowest BCUT2D eigenvalue weighted by molar-refractivity contribution is 0.0608. The Morgan fingerprint density at radius 3 is 2.41 bits per heavy atom. The summed E-state index contributed by atoms with van der Waals surface area (Å²) in [6.45, 7) is 6.90. The smallest absolute Gasteiger partial charge is 0.410 e. The predicted molar refractivity (Wildman–Crippen MR) is 187 cm³/mol. The summed E-state index contributed by atoms with van der Waals surface area (Å²) in [6.07, 6.45) is 8.82. The standard InChI is InChI=1S/C38H42N8O3/c1-25-35-31-21-33(30-9-5-6-10-34(30)47)42-43-36(31)41-32(35)15-20-46(25)37-39-22-28(23-40-37)27-11-16-44(17-12-27)29-13-18-45(19-14-29)38(48)49-24-26-7-3-2-4-8-26/h2-10,21-23,25,27,29,47H,11-20,24H2,1H3,(H,41,43)/t25-/m1/s1. The van der Waals surface area contributed by atoms with Gasteiger partial charge in [0.1, 0.15) is 12.4 Å². The van der Waals surface area contributed by atoms with Crippen molar-refractivity contribution in [3.8, 4) is 17.0 Å². The lowest BCUT2D eigenvalue weighted by Crippen LogP contribution is -2.48. The maximum Gasteiger partial charge on any atom is 0.410 e. The summed E-state index contributed by atoms with van der Waals surface area (Å²) in [5.74, 6) is 1.38. The highest BCUT2D eigenvalue weighted by Crippen LogP contribution is 2.39. The van der Waals surface area contributed by atoms with Crippen LogP contribution in [-0.2, 0) is 17.8 Å². The number of nitrogens with one attached hydrogen (secondary N) is 1. The van der Waals surface area contributed by atoms with Crippen LogP contribution in [0.3, 0.4) is 0 Å². The molecule has 0 aliphatic carbocycles. The highest BCUT2D eigenvalue weighted by atomic mass is 16.6. The molecule has 49 heavy (non-hydrogen) atoms. The number of phenolic OH excluding ortho intramolecular Hbond substituents is 1. The third kappa shape index (κ3) is 6.30. The van der Waals surface area contributed by atoms with Gasteiger partial charge >= 0.3 is 6.09 Å². The molecule has 2 aromatic carbocycles. The number of phenols is 1. The van der Waals surface area contributed by atoms with Gasteiger partial charge < -0.3 is 29.5 Å². The maximum atomic E-state index is 12.6. The van der Waals surface area contributed by atoms with Crippen LogP contribution in [-0.4, -0.2) is 84.9 Å². The van der Waals surface area contributed by atoms with Crippen LogP contribution in [0.25, 0.3) is 22.3 Å². The van der Waals surface area contributed by atoms with E-state index in [1.165, 1.54) is 16.8 Å². The maximum absolute atomic E-state index is 12.6. The number of benzene rings is 2. The summed E-state index contributed by atoms with van der Waals surface area (Å²) in [5, 5.41) is 20.3. The van der Waals surface area contributed by atoms with Crippen LogP contribution < -0.4 is 4.90 Å². The second-order valence-electron chi connectivity index (χ2n) is 13.5. The molecule has 11 heteroatoms. The third-order valence-electron chi connectivity index (χ3n) is 10.7. The van der Waals surface area contributed by atoms with Crippen LogP contribution in [0.4, 0.5) is 10.7 Å². The third-order valence-corrected chi connectivity index (χ3v) is 10.7. The monoisotopic (exact) mass is 658 g/mol. The molecule has 1 amide bonds. The van der Waals surface area contributed by atoms with Gasteiger partial charge in [-0.1, -0.05) is 42.5 Å². The number of piperidine rings is 2. The van der Waals surface area contributed by atoms with Gasteiger partial charge in [-0.3, -0.25) is 0 Å². The number of fused-ring (bicyclic) bond motifs is 3. The van der Waals surface area contributed by atoms with Crippen molar-refractivity contribution in [1.29, 1.82) is 0 Å². The number of nitrogens with zero attached hydrogens (tertiary/aromatic N) is 7. The van der Waals surface area contributed by atoms with E-state index in [2.05, 4.69) is 31.9 Å². The second-order valence-corrected chi connectivity index (χ2v) is 13.5. The van der Waals surface area contributed by atoms with Crippen molar-refractivity contribution in [3.63, 3.8) is 0 Å². The highest BCUT2D eigenvalue weighted by Gasteiger charge is 2.32. The lowest BCUT2D eigenvalue weighted by Gasteiger charge is -2.41. The van der Waals surface area contributed by atoms with Crippen LogP contribution in [0.5, 0.6) is 5.75 Å². The number of hydrogen-bond donors (Lipinski definition) is 2. The molecule has 252 valence electrons. The minimum absolute atomic E-state index is 0.0464. The summed E-state index contributed by atoms with van der Waals surface area (Å²) < 4.78 is 5.56. The van der Waals surface area contributed by atoms with Crippen molar-refractivity contribution in [3.05, 3.63) is 95.4 Å². The van der Waals surface area contributed by atoms with Gasteiger partial charge in [0.05, 0.1) is 11.7 Å². The number of carbonyl (C=O) groups is 1. The molecule has 0 saturated carbocycles. The van der Waals surface area contributed by atoms with Gasteiger partial charge in [-0.15, -0.1) is 10.2 Å². The van der Waals surface area contributed by atoms with E-state index in [0.29, 0.717) is 29.8 Å². The Morgan fingerprint density at radius 1 is 0.918 bits per heavy atom. The molecule has 3 aliphatic rings. The molecule has 0 bridgehead atoms. The average Bonchev–Trinajstić information content (AvgIpc) is 3.54.